The van der Waals surface area contributed by atoms with Crippen LogP contribution in [0.2, 0.25) is 0 Å². The zero-order chi connectivity index (χ0) is 12.0. The summed E-state index contributed by atoms with van der Waals surface area (Å²) in [5.41, 5.74) is 0. The number of rotatable bonds is 6. The molecule has 1 aromatic rings. The van der Waals surface area contributed by atoms with Crippen molar-refractivity contribution in [3.8, 4) is 5.75 Å². The SMILES string of the molecule is O=[N+]([O-])OP(Oc1ccccc1)O[N+](=O)[O-]. The molecule has 0 aliphatic heterocycles. The maximum absolute atomic E-state index is 10.00. The molecule has 0 amide bonds. The summed E-state index contributed by atoms with van der Waals surface area (Å²) in [6, 6.07) is 7.74. The van der Waals surface area contributed by atoms with Crippen LogP contribution < -0.4 is 4.52 Å². The Kier molecular flexibility index (Phi) is 4.22. The molecule has 0 atom stereocenters. The molecule has 0 spiro atoms. The van der Waals surface area contributed by atoms with E-state index in [1.807, 2.05) is 0 Å². The van der Waals surface area contributed by atoms with Crippen molar-refractivity contribution in [2.45, 2.75) is 0 Å². The largest absolute Gasteiger partial charge is 0.468 e. The van der Waals surface area contributed by atoms with Gasteiger partial charge in [-0.2, -0.15) is 0 Å². The minimum Gasteiger partial charge on any atom is -0.430 e. The van der Waals surface area contributed by atoms with Crippen LogP contribution in [0.5, 0.6) is 5.75 Å². The van der Waals surface area contributed by atoms with Crippen molar-refractivity contribution in [1.82, 2.24) is 0 Å². The predicted molar refractivity (Wildman–Crippen MR) is 50.1 cm³/mol. The fraction of sp³-hybridized carbons (Fsp3) is 0. The van der Waals surface area contributed by atoms with E-state index in [2.05, 4.69) is 9.25 Å². The van der Waals surface area contributed by atoms with Gasteiger partial charge in [-0.25, -0.2) is 9.25 Å². The van der Waals surface area contributed by atoms with Gasteiger partial charge in [0.1, 0.15) is 5.75 Å². The van der Waals surface area contributed by atoms with E-state index in [1.54, 1.807) is 18.2 Å². The first-order valence-electron chi connectivity index (χ1n) is 3.76. The van der Waals surface area contributed by atoms with Crippen LogP contribution in [0.15, 0.2) is 30.3 Å². The molecule has 0 heterocycles. The van der Waals surface area contributed by atoms with Crippen molar-refractivity contribution in [3.63, 3.8) is 0 Å². The second-order valence-electron chi connectivity index (χ2n) is 2.24. The molecular formula is C6H5N2O7P. The molecule has 0 aromatic heterocycles. The van der Waals surface area contributed by atoms with Gasteiger partial charge in [0, 0.05) is 0 Å². The highest BCUT2D eigenvalue weighted by molar-refractivity contribution is 7.41. The molecule has 0 saturated carbocycles. The molecule has 1 rings (SSSR count). The van der Waals surface area contributed by atoms with Gasteiger partial charge in [0.2, 0.25) is 0 Å². The summed E-state index contributed by atoms with van der Waals surface area (Å²) >= 11 is 0. The highest BCUT2D eigenvalue weighted by atomic mass is 31.2. The highest BCUT2D eigenvalue weighted by Gasteiger charge is 2.22. The zero-order valence-electron chi connectivity index (χ0n) is 7.59. The molecule has 10 heteroatoms. The van der Waals surface area contributed by atoms with Gasteiger partial charge in [0.15, 0.2) is 0 Å². The molecule has 1 aromatic carbocycles. The number of nitrogens with zero attached hydrogens (tertiary/aromatic N) is 2. The Bertz CT molecular complexity index is 356. The monoisotopic (exact) mass is 248 g/mol. The van der Waals surface area contributed by atoms with E-state index in [0.717, 1.165) is 0 Å². The molecule has 0 saturated heterocycles. The van der Waals surface area contributed by atoms with E-state index in [4.69, 9.17) is 4.52 Å². The lowest BCUT2D eigenvalue weighted by Gasteiger charge is -2.11. The Morgan fingerprint density at radius 1 is 1.00 bits per heavy atom. The van der Waals surface area contributed by atoms with Crippen LogP contribution in [0.25, 0.3) is 0 Å². The summed E-state index contributed by atoms with van der Waals surface area (Å²) in [6.07, 6.45) is 0. The van der Waals surface area contributed by atoms with Crippen LogP contribution in [0.4, 0.5) is 0 Å². The minimum absolute atomic E-state index is 0.164. The second-order valence-corrected chi connectivity index (χ2v) is 3.19. The van der Waals surface area contributed by atoms with Crippen molar-refractivity contribution < 1.29 is 23.9 Å². The average Bonchev–Trinajstić information content (AvgIpc) is 2.16. The van der Waals surface area contributed by atoms with Gasteiger partial charge in [0.05, 0.1) is 0 Å². The molecule has 0 unspecified atom stereocenters. The van der Waals surface area contributed by atoms with Crippen LogP contribution in [0, 0.1) is 20.2 Å². The lowest BCUT2D eigenvalue weighted by atomic mass is 10.3. The third-order valence-electron chi connectivity index (χ3n) is 1.19. The standard InChI is InChI=1S/C6H5N2O7P/c9-7(10)14-16(15-8(11)12)13-6-4-2-1-3-5-6/h1-5H. The minimum atomic E-state index is -2.71. The normalized spacial score (nSPS) is 9.56. The highest BCUT2D eigenvalue weighted by Crippen LogP contribution is 2.40. The maximum Gasteiger partial charge on any atom is 0.468 e. The predicted octanol–water partition coefficient (Wildman–Crippen LogP) is 1.71. The number of hydrogen-bond donors (Lipinski definition) is 0. The van der Waals surface area contributed by atoms with E-state index in [-0.39, 0.29) is 5.75 Å². The molecule has 0 aliphatic carbocycles. The summed E-state index contributed by atoms with van der Waals surface area (Å²) in [4.78, 5) is 20.0. The van der Waals surface area contributed by atoms with Crippen molar-refractivity contribution in [3.05, 3.63) is 50.6 Å². The van der Waals surface area contributed by atoms with Gasteiger partial charge < -0.3 is 4.52 Å². The number of hydrogen-bond acceptors (Lipinski definition) is 7. The van der Waals surface area contributed by atoms with Gasteiger partial charge in [-0.1, -0.05) is 18.2 Å². The summed E-state index contributed by atoms with van der Waals surface area (Å²) in [7, 11) is -2.71. The van der Waals surface area contributed by atoms with Gasteiger partial charge in [-0.3, -0.25) is 0 Å². The topological polar surface area (TPSA) is 114 Å². The molecule has 16 heavy (non-hydrogen) atoms. The van der Waals surface area contributed by atoms with E-state index in [1.165, 1.54) is 12.1 Å². The molecule has 9 nitrogen and oxygen atoms in total. The van der Waals surface area contributed by atoms with Crippen LogP contribution in [-0.4, -0.2) is 10.2 Å². The third-order valence-corrected chi connectivity index (χ3v) is 2.08. The van der Waals surface area contributed by atoms with Crippen LogP contribution in [0.1, 0.15) is 0 Å². The molecule has 86 valence electrons. The first-order valence-corrected chi connectivity index (χ1v) is 4.85. The zero-order valence-corrected chi connectivity index (χ0v) is 8.48. The summed E-state index contributed by atoms with van der Waals surface area (Å²) in [6.45, 7) is 0. The lowest BCUT2D eigenvalue weighted by molar-refractivity contribution is -0.748. The fourth-order valence-corrected chi connectivity index (χ4v) is 1.33. The molecule has 0 N–H and O–H groups in total. The lowest BCUT2D eigenvalue weighted by Crippen LogP contribution is -2.06. The summed E-state index contributed by atoms with van der Waals surface area (Å²) < 4.78 is 12.5. The van der Waals surface area contributed by atoms with Crippen LogP contribution in [-0.2, 0) is 9.25 Å². The molecular weight excluding hydrogens is 243 g/mol. The van der Waals surface area contributed by atoms with E-state index < -0.39 is 18.8 Å². The van der Waals surface area contributed by atoms with Crippen LogP contribution in [0.3, 0.4) is 0 Å². The first-order chi connectivity index (χ1) is 7.58. The Morgan fingerprint density at radius 3 is 1.94 bits per heavy atom. The summed E-state index contributed by atoms with van der Waals surface area (Å²) in [5.74, 6) is 0.164. The quantitative estimate of drug-likeness (QED) is 0.427. The second kappa shape index (κ2) is 5.66. The maximum atomic E-state index is 10.00. The van der Waals surface area contributed by atoms with Crippen molar-refractivity contribution >= 4 is 8.60 Å². The van der Waals surface area contributed by atoms with E-state index in [9.17, 15) is 20.2 Å². The fourth-order valence-electron chi connectivity index (χ4n) is 0.725. The van der Waals surface area contributed by atoms with Gasteiger partial charge in [-0.15, -0.1) is 20.2 Å². The van der Waals surface area contributed by atoms with Gasteiger partial charge >= 0.3 is 18.8 Å². The number of benzene rings is 1. The molecule has 0 radical (unpaired) electrons. The van der Waals surface area contributed by atoms with E-state index in [0.29, 0.717) is 0 Å². The third kappa shape index (κ3) is 4.38. The van der Waals surface area contributed by atoms with Crippen molar-refractivity contribution in [1.29, 1.82) is 0 Å². The average molecular weight is 248 g/mol. The molecule has 0 fully saturated rings. The van der Waals surface area contributed by atoms with E-state index >= 15 is 0 Å². The first kappa shape index (κ1) is 11.9. The van der Waals surface area contributed by atoms with Crippen molar-refractivity contribution in [2.75, 3.05) is 0 Å². The molecule has 0 aliphatic rings. The Morgan fingerprint density at radius 2 is 1.50 bits per heavy atom. The molecule has 0 bridgehead atoms. The Hall–Kier alpha value is -2.15. The Balaban J connectivity index is 2.63. The summed E-state index contributed by atoms with van der Waals surface area (Å²) in [5, 5.41) is 17.5. The number of para-hydroxylation sites is 1. The van der Waals surface area contributed by atoms with Crippen molar-refractivity contribution in [2.24, 2.45) is 0 Å². The smallest absolute Gasteiger partial charge is 0.430 e. The van der Waals surface area contributed by atoms with Crippen LogP contribution >= 0.6 is 8.60 Å². The van der Waals surface area contributed by atoms with Gasteiger partial charge in [0.25, 0.3) is 0 Å². The Labute approximate surface area is 89.7 Å². The van der Waals surface area contributed by atoms with Gasteiger partial charge in [-0.05, 0) is 12.1 Å².